The second kappa shape index (κ2) is 11.0. The summed E-state index contributed by atoms with van der Waals surface area (Å²) in [6.45, 7) is 3.03. The van der Waals surface area contributed by atoms with E-state index in [4.69, 9.17) is 4.74 Å². The lowest BCUT2D eigenvalue weighted by Crippen LogP contribution is -2.48. The molecule has 1 aliphatic heterocycles. The predicted molar refractivity (Wildman–Crippen MR) is 104 cm³/mol. The van der Waals surface area contributed by atoms with Gasteiger partial charge in [-0.1, -0.05) is 45.1 Å². The lowest BCUT2D eigenvalue weighted by Gasteiger charge is -2.28. The van der Waals surface area contributed by atoms with Crippen molar-refractivity contribution in [3.05, 3.63) is 33.7 Å². The molecule has 2 heterocycles. The van der Waals surface area contributed by atoms with Crippen molar-refractivity contribution in [2.75, 3.05) is 20.3 Å². The predicted octanol–water partition coefficient (Wildman–Crippen LogP) is 3.48. The molecule has 6 nitrogen and oxygen atoms in total. The fourth-order valence-electron chi connectivity index (χ4n) is 3.02. The molecule has 0 spiro atoms. The first kappa shape index (κ1) is 20.5. The standard InChI is InChI=1S/C19H29N3O3S/c1-3-4-5-6-7-8-11-20-18(23)16-14(13-25-2)21-19(24)22-17(16)15-10-9-12-26-15/h9-10,12,17H,3-8,11,13H2,1-2H3,(H,20,23)(H2,21,22,24). The molecule has 3 amide bonds. The molecule has 1 aromatic heterocycles. The van der Waals surface area contributed by atoms with Crippen LogP contribution in [0.5, 0.6) is 0 Å². The molecule has 1 aromatic rings. The van der Waals surface area contributed by atoms with Gasteiger partial charge in [0.05, 0.1) is 23.9 Å². The van der Waals surface area contributed by atoms with E-state index in [2.05, 4.69) is 22.9 Å². The summed E-state index contributed by atoms with van der Waals surface area (Å²) in [7, 11) is 1.55. The number of unbranched alkanes of at least 4 members (excludes halogenated alkanes) is 5. The van der Waals surface area contributed by atoms with E-state index in [1.54, 1.807) is 7.11 Å². The topological polar surface area (TPSA) is 79.5 Å². The molecule has 3 N–H and O–H groups in total. The Morgan fingerprint density at radius 3 is 2.73 bits per heavy atom. The van der Waals surface area contributed by atoms with Crippen LogP contribution in [0.3, 0.4) is 0 Å². The Morgan fingerprint density at radius 1 is 1.27 bits per heavy atom. The fraction of sp³-hybridized carbons (Fsp3) is 0.579. The van der Waals surface area contributed by atoms with Crippen molar-refractivity contribution in [2.24, 2.45) is 0 Å². The van der Waals surface area contributed by atoms with E-state index in [1.807, 2.05) is 17.5 Å². The van der Waals surface area contributed by atoms with Crippen molar-refractivity contribution in [1.29, 1.82) is 0 Å². The van der Waals surface area contributed by atoms with Crippen molar-refractivity contribution < 1.29 is 14.3 Å². The molecule has 1 unspecified atom stereocenters. The Hall–Kier alpha value is -1.86. The zero-order valence-electron chi connectivity index (χ0n) is 15.6. The lowest BCUT2D eigenvalue weighted by molar-refractivity contribution is -0.118. The second-order valence-electron chi connectivity index (χ2n) is 6.40. The van der Waals surface area contributed by atoms with E-state index in [0.29, 0.717) is 17.8 Å². The zero-order valence-corrected chi connectivity index (χ0v) is 16.4. The highest BCUT2D eigenvalue weighted by molar-refractivity contribution is 7.10. The highest BCUT2D eigenvalue weighted by Gasteiger charge is 2.33. The lowest BCUT2D eigenvalue weighted by atomic mass is 10.00. The average molecular weight is 380 g/mol. The Kier molecular flexibility index (Phi) is 8.64. The number of urea groups is 1. The van der Waals surface area contributed by atoms with Gasteiger partial charge in [-0.05, 0) is 17.9 Å². The highest BCUT2D eigenvalue weighted by Crippen LogP contribution is 2.29. The number of amides is 3. The molecule has 0 bridgehead atoms. The van der Waals surface area contributed by atoms with E-state index in [9.17, 15) is 9.59 Å². The minimum Gasteiger partial charge on any atom is -0.378 e. The van der Waals surface area contributed by atoms with Gasteiger partial charge in [-0.25, -0.2) is 4.79 Å². The molecule has 26 heavy (non-hydrogen) atoms. The minimum absolute atomic E-state index is 0.156. The van der Waals surface area contributed by atoms with E-state index < -0.39 is 6.04 Å². The van der Waals surface area contributed by atoms with Gasteiger partial charge in [0.1, 0.15) is 0 Å². The van der Waals surface area contributed by atoms with Crippen LogP contribution in [0.1, 0.15) is 56.4 Å². The molecule has 0 radical (unpaired) electrons. The van der Waals surface area contributed by atoms with Crippen molar-refractivity contribution in [3.63, 3.8) is 0 Å². The molecule has 0 saturated carbocycles. The number of carbonyl (C=O) groups excluding carboxylic acids is 2. The van der Waals surface area contributed by atoms with Gasteiger partial charge in [0.15, 0.2) is 0 Å². The van der Waals surface area contributed by atoms with E-state index in [-0.39, 0.29) is 18.5 Å². The summed E-state index contributed by atoms with van der Waals surface area (Å²) in [6, 6.07) is 3.07. The number of nitrogens with one attached hydrogen (secondary N) is 3. The minimum atomic E-state index is -0.446. The third kappa shape index (κ3) is 5.85. The molecule has 144 valence electrons. The van der Waals surface area contributed by atoms with Crippen molar-refractivity contribution >= 4 is 23.3 Å². The van der Waals surface area contributed by atoms with Gasteiger partial charge >= 0.3 is 6.03 Å². The van der Waals surface area contributed by atoms with Crippen LogP contribution < -0.4 is 16.0 Å². The molecule has 0 saturated heterocycles. The third-order valence-corrected chi connectivity index (χ3v) is 5.27. The van der Waals surface area contributed by atoms with Crippen LogP contribution in [-0.2, 0) is 9.53 Å². The second-order valence-corrected chi connectivity index (χ2v) is 7.38. The first-order valence-electron chi connectivity index (χ1n) is 9.28. The van der Waals surface area contributed by atoms with Crippen molar-refractivity contribution in [3.8, 4) is 0 Å². The third-order valence-electron chi connectivity index (χ3n) is 4.33. The summed E-state index contributed by atoms with van der Waals surface area (Å²) in [5, 5.41) is 10.5. The summed E-state index contributed by atoms with van der Waals surface area (Å²) in [6.07, 6.45) is 7.05. The normalized spacial score (nSPS) is 17.0. The van der Waals surface area contributed by atoms with Crippen LogP contribution in [0.2, 0.25) is 0 Å². The summed E-state index contributed by atoms with van der Waals surface area (Å²) in [5.74, 6) is -0.156. The maximum atomic E-state index is 12.8. The number of carbonyl (C=O) groups is 2. The van der Waals surface area contributed by atoms with Crippen molar-refractivity contribution in [2.45, 2.75) is 51.5 Å². The zero-order chi connectivity index (χ0) is 18.8. The summed E-state index contributed by atoms with van der Waals surface area (Å²) in [4.78, 5) is 25.7. The van der Waals surface area contributed by atoms with Gasteiger partial charge in [-0.2, -0.15) is 0 Å². The van der Waals surface area contributed by atoms with Crippen LogP contribution >= 0.6 is 11.3 Å². The molecule has 2 rings (SSSR count). The number of ether oxygens (including phenoxy) is 1. The molecular weight excluding hydrogens is 350 g/mol. The van der Waals surface area contributed by atoms with Crippen LogP contribution in [-0.4, -0.2) is 32.2 Å². The van der Waals surface area contributed by atoms with Gasteiger partial charge in [-0.15, -0.1) is 11.3 Å². The number of rotatable bonds is 11. The number of hydrogen-bond acceptors (Lipinski definition) is 4. The van der Waals surface area contributed by atoms with Gasteiger partial charge in [0, 0.05) is 18.5 Å². The monoisotopic (exact) mass is 379 g/mol. The molecule has 7 heteroatoms. The Balaban J connectivity index is 2.01. The molecule has 0 fully saturated rings. The Labute approximate surface area is 159 Å². The molecule has 0 aromatic carbocycles. The van der Waals surface area contributed by atoms with Gasteiger partial charge in [-0.3, -0.25) is 4.79 Å². The van der Waals surface area contributed by atoms with Gasteiger partial charge in [0.2, 0.25) is 0 Å². The summed E-state index contributed by atoms with van der Waals surface area (Å²) >= 11 is 1.51. The van der Waals surface area contributed by atoms with Crippen LogP contribution in [0.4, 0.5) is 4.79 Å². The summed E-state index contributed by atoms with van der Waals surface area (Å²) < 4.78 is 5.18. The molecule has 1 atom stereocenters. The average Bonchev–Trinajstić information content (AvgIpc) is 3.15. The van der Waals surface area contributed by atoms with Crippen LogP contribution in [0, 0.1) is 0 Å². The molecule has 1 aliphatic rings. The molecular formula is C19H29N3O3S. The highest BCUT2D eigenvalue weighted by atomic mass is 32.1. The number of thiophene rings is 1. The smallest absolute Gasteiger partial charge is 0.319 e. The first-order valence-corrected chi connectivity index (χ1v) is 10.2. The molecule has 0 aliphatic carbocycles. The maximum absolute atomic E-state index is 12.8. The van der Waals surface area contributed by atoms with Crippen LogP contribution in [0.25, 0.3) is 0 Å². The van der Waals surface area contributed by atoms with Crippen LogP contribution in [0.15, 0.2) is 28.8 Å². The maximum Gasteiger partial charge on any atom is 0.319 e. The van der Waals surface area contributed by atoms with E-state index in [1.165, 1.54) is 37.0 Å². The van der Waals surface area contributed by atoms with E-state index >= 15 is 0 Å². The fourth-order valence-corrected chi connectivity index (χ4v) is 3.80. The van der Waals surface area contributed by atoms with E-state index in [0.717, 1.165) is 17.7 Å². The Morgan fingerprint density at radius 2 is 2.04 bits per heavy atom. The Bertz CT molecular complexity index is 614. The SMILES string of the molecule is CCCCCCCCNC(=O)C1=C(COC)NC(=O)NC1c1cccs1. The van der Waals surface area contributed by atoms with Gasteiger partial charge < -0.3 is 20.7 Å². The first-order chi connectivity index (χ1) is 12.7. The number of methoxy groups -OCH3 is 1. The summed E-state index contributed by atoms with van der Waals surface area (Å²) in [5.41, 5.74) is 1.05. The largest absolute Gasteiger partial charge is 0.378 e. The number of hydrogen-bond donors (Lipinski definition) is 3. The van der Waals surface area contributed by atoms with Crippen molar-refractivity contribution in [1.82, 2.24) is 16.0 Å². The quantitative estimate of drug-likeness (QED) is 0.515. The van der Waals surface area contributed by atoms with Gasteiger partial charge in [0.25, 0.3) is 5.91 Å².